The summed E-state index contributed by atoms with van der Waals surface area (Å²) < 4.78 is 18.3. The van der Waals surface area contributed by atoms with Crippen molar-refractivity contribution in [3.8, 4) is 0 Å². The van der Waals surface area contributed by atoms with Gasteiger partial charge in [-0.25, -0.2) is 9.82 Å². The number of hydrazine groups is 1. The van der Waals surface area contributed by atoms with E-state index in [1.165, 1.54) is 24.3 Å². The number of nitrogens with one attached hydrogen (secondary N) is 2. The number of hydrogen-bond acceptors (Lipinski definition) is 5. The number of halogens is 1. The molecule has 1 aromatic carbocycles. The Bertz CT molecular complexity index is 593. The first-order valence-electron chi connectivity index (χ1n) is 7.82. The summed E-state index contributed by atoms with van der Waals surface area (Å²) in [5.41, 5.74) is 11.8. The van der Waals surface area contributed by atoms with Gasteiger partial charge in [0, 0.05) is 17.5 Å². The van der Waals surface area contributed by atoms with Crippen molar-refractivity contribution in [3.63, 3.8) is 0 Å². The van der Waals surface area contributed by atoms with Crippen molar-refractivity contribution in [2.75, 3.05) is 0 Å². The first-order valence-corrected chi connectivity index (χ1v) is 7.82. The quantitative estimate of drug-likeness (QED) is 0.717. The Morgan fingerprint density at radius 2 is 1.87 bits per heavy atom. The second-order valence-electron chi connectivity index (χ2n) is 6.09. The highest BCUT2D eigenvalue weighted by molar-refractivity contribution is 5.85. The van der Waals surface area contributed by atoms with Crippen molar-refractivity contribution in [2.45, 2.75) is 43.9 Å². The van der Waals surface area contributed by atoms with Crippen LogP contribution in [-0.2, 0) is 14.3 Å². The second-order valence-corrected chi connectivity index (χ2v) is 6.09. The highest BCUT2D eigenvalue weighted by Gasteiger charge is 2.43. The Labute approximate surface area is 133 Å². The van der Waals surface area contributed by atoms with Gasteiger partial charge >= 0.3 is 5.97 Å². The minimum absolute atomic E-state index is 0.151. The summed E-state index contributed by atoms with van der Waals surface area (Å²) in [5, 5.41) is 0. The van der Waals surface area contributed by atoms with Crippen LogP contribution in [0, 0.1) is 11.7 Å². The summed E-state index contributed by atoms with van der Waals surface area (Å²) in [5.74, 6) is -1.58. The number of benzene rings is 1. The molecule has 2 aliphatic rings. The summed E-state index contributed by atoms with van der Waals surface area (Å²) in [7, 11) is 0. The molecule has 124 valence electrons. The van der Waals surface area contributed by atoms with Crippen LogP contribution in [0.1, 0.15) is 37.4 Å². The number of hydrogen-bond donors (Lipinski definition) is 3. The molecule has 3 rings (SSSR count). The van der Waals surface area contributed by atoms with Crippen LogP contribution in [0.25, 0.3) is 0 Å². The molecule has 2 fully saturated rings. The van der Waals surface area contributed by atoms with E-state index in [0.717, 1.165) is 25.7 Å². The molecule has 1 aliphatic carbocycles. The van der Waals surface area contributed by atoms with Crippen molar-refractivity contribution < 1.29 is 18.7 Å². The third-order valence-corrected chi connectivity index (χ3v) is 4.59. The molecule has 7 heteroatoms. The van der Waals surface area contributed by atoms with Crippen LogP contribution in [0.15, 0.2) is 24.3 Å². The fourth-order valence-electron chi connectivity index (χ4n) is 3.39. The average molecular weight is 321 g/mol. The lowest BCUT2D eigenvalue weighted by Crippen LogP contribution is -2.41. The van der Waals surface area contributed by atoms with E-state index in [2.05, 4.69) is 10.9 Å². The van der Waals surface area contributed by atoms with Crippen LogP contribution >= 0.6 is 0 Å². The summed E-state index contributed by atoms with van der Waals surface area (Å²) in [4.78, 5) is 24.1. The fraction of sp³-hybridized carbons (Fsp3) is 0.500. The Balaban J connectivity index is 1.71. The lowest BCUT2D eigenvalue weighted by molar-refractivity contribution is -0.158. The molecule has 1 aromatic rings. The van der Waals surface area contributed by atoms with E-state index >= 15 is 0 Å². The maximum atomic E-state index is 13.0. The zero-order valence-corrected chi connectivity index (χ0v) is 12.6. The highest BCUT2D eigenvalue weighted by Crippen LogP contribution is 2.31. The van der Waals surface area contributed by atoms with Crippen LogP contribution in [0.5, 0.6) is 0 Å². The number of nitrogens with two attached hydrogens (primary N) is 1. The molecular weight excluding hydrogens is 301 g/mol. The smallest absolute Gasteiger partial charge is 0.325 e. The van der Waals surface area contributed by atoms with E-state index in [-0.39, 0.29) is 12.0 Å². The molecule has 23 heavy (non-hydrogen) atoms. The molecule has 4 unspecified atom stereocenters. The van der Waals surface area contributed by atoms with E-state index in [1.807, 2.05) is 0 Å². The van der Waals surface area contributed by atoms with Gasteiger partial charge in [0.25, 0.3) is 5.91 Å². The zero-order valence-electron chi connectivity index (χ0n) is 12.6. The molecule has 0 spiro atoms. The third kappa shape index (κ3) is 3.35. The Kier molecular flexibility index (Phi) is 4.58. The van der Waals surface area contributed by atoms with Gasteiger partial charge in [-0.3, -0.25) is 15.0 Å². The lowest BCUT2D eigenvalue weighted by atomic mass is 9.82. The Morgan fingerprint density at radius 1 is 1.17 bits per heavy atom. The number of carbonyl (C=O) groups excluding carboxylic acids is 2. The fourth-order valence-corrected chi connectivity index (χ4v) is 3.39. The molecule has 1 saturated carbocycles. The first kappa shape index (κ1) is 15.9. The van der Waals surface area contributed by atoms with E-state index in [1.54, 1.807) is 0 Å². The summed E-state index contributed by atoms with van der Waals surface area (Å²) in [6.07, 6.45) is 2.94. The Hall–Kier alpha value is -1.99. The number of ether oxygens (including phenoxy) is 1. The number of fused-ring (bicyclic) bond motifs is 1. The minimum atomic E-state index is -1.22. The van der Waals surface area contributed by atoms with Crippen LogP contribution in [0.4, 0.5) is 4.39 Å². The van der Waals surface area contributed by atoms with Crippen LogP contribution in [0.2, 0.25) is 0 Å². The van der Waals surface area contributed by atoms with Gasteiger partial charge in [-0.15, -0.1) is 0 Å². The van der Waals surface area contributed by atoms with E-state index in [4.69, 9.17) is 10.5 Å². The monoisotopic (exact) mass is 321 g/mol. The third-order valence-electron chi connectivity index (χ3n) is 4.59. The van der Waals surface area contributed by atoms with Gasteiger partial charge in [0.15, 0.2) is 0 Å². The van der Waals surface area contributed by atoms with Gasteiger partial charge in [0.1, 0.15) is 11.9 Å². The van der Waals surface area contributed by atoms with E-state index in [0.29, 0.717) is 5.56 Å². The van der Waals surface area contributed by atoms with Gasteiger partial charge in [0.2, 0.25) is 6.10 Å². The summed E-state index contributed by atoms with van der Waals surface area (Å²) in [6.45, 7) is 0. The molecule has 1 aliphatic heterocycles. The van der Waals surface area contributed by atoms with E-state index in [9.17, 15) is 14.0 Å². The van der Waals surface area contributed by atoms with Crippen molar-refractivity contribution in [1.29, 1.82) is 0 Å². The number of rotatable bonds is 4. The second kappa shape index (κ2) is 6.64. The Morgan fingerprint density at radius 3 is 2.57 bits per heavy atom. The molecule has 0 aromatic heterocycles. The van der Waals surface area contributed by atoms with Gasteiger partial charge in [-0.1, -0.05) is 25.0 Å². The lowest BCUT2D eigenvalue weighted by Gasteiger charge is -2.27. The molecule has 6 nitrogen and oxygen atoms in total. The predicted molar refractivity (Wildman–Crippen MR) is 80.2 cm³/mol. The first-order chi connectivity index (χ1) is 11.1. The van der Waals surface area contributed by atoms with Crippen LogP contribution in [-0.4, -0.2) is 24.0 Å². The molecule has 0 radical (unpaired) electrons. The molecule has 0 bridgehead atoms. The van der Waals surface area contributed by atoms with Crippen molar-refractivity contribution in [2.24, 2.45) is 11.7 Å². The predicted octanol–water partition coefficient (Wildman–Crippen LogP) is 0.930. The molecule has 1 saturated heterocycles. The molecular formula is C16H20FN3O3. The van der Waals surface area contributed by atoms with Gasteiger partial charge in [-0.2, -0.15) is 0 Å². The summed E-state index contributed by atoms with van der Waals surface area (Å²) >= 11 is 0. The van der Waals surface area contributed by atoms with Gasteiger partial charge < -0.3 is 10.5 Å². The number of primary amides is 1. The molecule has 4 atom stereocenters. The molecule has 1 heterocycles. The number of carbonyl (C=O) groups is 2. The van der Waals surface area contributed by atoms with Gasteiger partial charge in [0.05, 0.1) is 0 Å². The standard InChI is InChI=1S/C16H20FN3O3/c17-10-7-5-9(6-8-10)14(15(18)21)23-16(22)13-11-3-1-2-4-12(11)19-20-13/h5-8,11-14,19-20H,1-4H2,(H2,18,21). The van der Waals surface area contributed by atoms with Crippen molar-refractivity contribution in [1.82, 2.24) is 10.9 Å². The molecule has 1 amide bonds. The van der Waals surface area contributed by atoms with Crippen LogP contribution in [0.3, 0.4) is 0 Å². The largest absolute Gasteiger partial charge is 0.446 e. The normalized spacial score (nSPS) is 28.0. The van der Waals surface area contributed by atoms with Crippen molar-refractivity contribution >= 4 is 11.9 Å². The minimum Gasteiger partial charge on any atom is -0.446 e. The zero-order chi connectivity index (χ0) is 16.4. The van der Waals surface area contributed by atoms with E-state index < -0.39 is 29.8 Å². The maximum absolute atomic E-state index is 13.0. The SMILES string of the molecule is NC(=O)C(OC(=O)C1NNC2CCCCC21)c1ccc(F)cc1. The van der Waals surface area contributed by atoms with Crippen molar-refractivity contribution in [3.05, 3.63) is 35.6 Å². The summed E-state index contributed by atoms with van der Waals surface area (Å²) in [6, 6.07) is 4.93. The number of amides is 1. The maximum Gasteiger partial charge on any atom is 0.325 e. The molecule has 4 N–H and O–H groups in total. The average Bonchev–Trinajstić information content (AvgIpc) is 2.97. The van der Waals surface area contributed by atoms with Crippen LogP contribution < -0.4 is 16.6 Å². The van der Waals surface area contributed by atoms with Gasteiger partial charge in [-0.05, 0) is 25.0 Å². The number of esters is 1. The topological polar surface area (TPSA) is 93.5 Å². The highest BCUT2D eigenvalue weighted by atomic mass is 19.1.